The maximum Gasteiger partial charge on any atom is 0.336 e. The molecule has 3 rings (SSSR count). The number of carboxylic acids is 1. The first-order valence-electron chi connectivity index (χ1n) is 8.08. The number of carbonyl (C=O) groups is 1. The van der Waals surface area contributed by atoms with Gasteiger partial charge in [0.1, 0.15) is 0 Å². The van der Waals surface area contributed by atoms with Gasteiger partial charge in [-0.15, -0.1) is 0 Å². The zero-order chi connectivity index (χ0) is 17.3. The smallest absolute Gasteiger partial charge is 0.336 e. The van der Waals surface area contributed by atoms with Crippen LogP contribution in [0.5, 0.6) is 0 Å². The molecule has 2 aromatic heterocycles. The molecule has 5 nitrogen and oxygen atoms in total. The van der Waals surface area contributed by atoms with Crippen molar-refractivity contribution in [2.24, 2.45) is 5.92 Å². The van der Waals surface area contributed by atoms with Gasteiger partial charge in [-0.3, -0.25) is 9.67 Å². The van der Waals surface area contributed by atoms with E-state index in [1.54, 1.807) is 6.20 Å². The second-order valence-electron chi connectivity index (χ2n) is 6.56. The summed E-state index contributed by atoms with van der Waals surface area (Å²) in [5.41, 5.74) is 4.11. The number of pyridine rings is 1. The zero-order valence-corrected chi connectivity index (χ0v) is 14.2. The number of hydrogen-bond donors (Lipinski definition) is 1. The predicted molar refractivity (Wildman–Crippen MR) is 93.3 cm³/mol. The van der Waals surface area contributed by atoms with E-state index < -0.39 is 5.97 Å². The van der Waals surface area contributed by atoms with E-state index in [0.717, 1.165) is 28.7 Å². The third-order valence-corrected chi connectivity index (χ3v) is 4.01. The van der Waals surface area contributed by atoms with Gasteiger partial charge in [0.05, 0.1) is 16.8 Å². The molecule has 0 fully saturated rings. The lowest BCUT2D eigenvalue weighted by atomic mass is 10.0. The number of fused-ring (bicyclic) bond motifs is 1. The van der Waals surface area contributed by atoms with Crippen LogP contribution in [0.1, 0.15) is 41.0 Å². The minimum absolute atomic E-state index is 0.282. The van der Waals surface area contributed by atoms with Crippen LogP contribution in [-0.2, 0) is 13.0 Å². The van der Waals surface area contributed by atoms with E-state index in [4.69, 9.17) is 5.10 Å². The fraction of sp³-hybridized carbons (Fsp3) is 0.316. The average Bonchev–Trinajstić information content (AvgIpc) is 2.84. The van der Waals surface area contributed by atoms with Gasteiger partial charge < -0.3 is 5.11 Å². The SMILES string of the molecule is Cc1ccc2c(c1)c(Cc1cnccc1C(=O)O)nn2CC(C)C. The summed E-state index contributed by atoms with van der Waals surface area (Å²) in [7, 11) is 0. The molecule has 0 saturated carbocycles. The van der Waals surface area contributed by atoms with Gasteiger partial charge in [-0.05, 0) is 36.6 Å². The Morgan fingerprint density at radius 3 is 2.79 bits per heavy atom. The van der Waals surface area contributed by atoms with Gasteiger partial charge in [0.15, 0.2) is 0 Å². The molecule has 1 aromatic carbocycles. The number of hydrogen-bond acceptors (Lipinski definition) is 3. The second-order valence-corrected chi connectivity index (χ2v) is 6.56. The summed E-state index contributed by atoms with van der Waals surface area (Å²) in [5, 5.41) is 15.2. The number of aromatic nitrogens is 3. The van der Waals surface area contributed by atoms with Gasteiger partial charge in [-0.2, -0.15) is 5.10 Å². The van der Waals surface area contributed by atoms with E-state index in [0.29, 0.717) is 17.9 Å². The lowest BCUT2D eigenvalue weighted by Gasteiger charge is -2.06. The van der Waals surface area contributed by atoms with Crippen LogP contribution in [-0.4, -0.2) is 25.8 Å². The molecule has 24 heavy (non-hydrogen) atoms. The summed E-state index contributed by atoms with van der Waals surface area (Å²) in [4.78, 5) is 15.5. The van der Waals surface area contributed by atoms with Gasteiger partial charge in [0.2, 0.25) is 0 Å². The third kappa shape index (κ3) is 3.15. The summed E-state index contributed by atoms with van der Waals surface area (Å²) in [5.74, 6) is -0.454. The lowest BCUT2D eigenvalue weighted by molar-refractivity contribution is 0.0695. The van der Waals surface area contributed by atoms with Gasteiger partial charge in [-0.25, -0.2) is 4.79 Å². The third-order valence-electron chi connectivity index (χ3n) is 4.01. The van der Waals surface area contributed by atoms with Crippen LogP contribution in [0.25, 0.3) is 10.9 Å². The van der Waals surface area contributed by atoms with Crippen molar-refractivity contribution in [3.63, 3.8) is 0 Å². The van der Waals surface area contributed by atoms with Crippen molar-refractivity contribution in [3.05, 3.63) is 59.0 Å². The largest absolute Gasteiger partial charge is 0.478 e. The molecule has 0 aliphatic heterocycles. The van der Waals surface area contributed by atoms with Gasteiger partial charge in [0.25, 0.3) is 0 Å². The Morgan fingerprint density at radius 2 is 2.08 bits per heavy atom. The molecule has 0 saturated heterocycles. The molecule has 0 radical (unpaired) electrons. The van der Waals surface area contributed by atoms with Crippen molar-refractivity contribution < 1.29 is 9.90 Å². The molecule has 2 heterocycles. The number of aryl methyl sites for hydroxylation is 1. The minimum atomic E-state index is -0.936. The summed E-state index contributed by atoms with van der Waals surface area (Å²) in [6.45, 7) is 7.20. The van der Waals surface area contributed by atoms with Crippen LogP contribution >= 0.6 is 0 Å². The van der Waals surface area contributed by atoms with Gasteiger partial charge in [-0.1, -0.05) is 25.5 Å². The average molecular weight is 323 g/mol. The number of aromatic carboxylic acids is 1. The molecular weight excluding hydrogens is 302 g/mol. The highest BCUT2D eigenvalue weighted by atomic mass is 16.4. The van der Waals surface area contributed by atoms with Crippen LogP contribution in [0, 0.1) is 12.8 Å². The summed E-state index contributed by atoms with van der Waals surface area (Å²) >= 11 is 0. The standard InChI is InChI=1S/C19H21N3O2/c1-12(2)11-22-18-5-4-13(3)8-16(18)17(21-22)9-14-10-20-7-6-15(14)19(23)24/h4-8,10,12H,9,11H2,1-3H3,(H,23,24). The first kappa shape index (κ1) is 16.2. The van der Waals surface area contributed by atoms with Crippen LogP contribution in [0.15, 0.2) is 36.7 Å². The molecule has 0 aliphatic rings. The fourth-order valence-electron chi connectivity index (χ4n) is 2.93. The molecule has 0 bridgehead atoms. The van der Waals surface area contributed by atoms with E-state index in [-0.39, 0.29) is 5.56 Å². The van der Waals surface area contributed by atoms with Crippen molar-refractivity contribution in [2.45, 2.75) is 33.7 Å². The van der Waals surface area contributed by atoms with Crippen LogP contribution in [0.3, 0.4) is 0 Å². The normalized spacial score (nSPS) is 11.3. The Morgan fingerprint density at radius 1 is 1.29 bits per heavy atom. The van der Waals surface area contributed by atoms with Crippen molar-refractivity contribution >= 4 is 16.9 Å². The van der Waals surface area contributed by atoms with Crippen LogP contribution in [0.2, 0.25) is 0 Å². The molecular formula is C19H21N3O2. The highest BCUT2D eigenvalue weighted by Crippen LogP contribution is 2.24. The monoisotopic (exact) mass is 323 g/mol. The maximum absolute atomic E-state index is 11.4. The molecule has 0 amide bonds. The quantitative estimate of drug-likeness (QED) is 0.777. The first-order chi connectivity index (χ1) is 11.5. The predicted octanol–water partition coefficient (Wildman–Crippen LogP) is 3.68. The molecule has 0 atom stereocenters. The summed E-state index contributed by atoms with van der Waals surface area (Å²) in [6.07, 6.45) is 3.58. The second kappa shape index (κ2) is 6.43. The number of carboxylic acid groups (broad SMARTS) is 1. The molecule has 1 N–H and O–H groups in total. The van der Waals surface area contributed by atoms with Crippen LogP contribution in [0.4, 0.5) is 0 Å². The summed E-state index contributed by atoms with van der Waals surface area (Å²) in [6, 6.07) is 7.82. The topological polar surface area (TPSA) is 68.0 Å². The van der Waals surface area contributed by atoms with Crippen molar-refractivity contribution in [3.8, 4) is 0 Å². The molecule has 3 aromatic rings. The lowest BCUT2D eigenvalue weighted by Crippen LogP contribution is -2.07. The Balaban J connectivity index is 2.10. The van der Waals surface area contributed by atoms with Crippen LogP contribution < -0.4 is 0 Å². The Bertz CT molecular complexity index is 897. The van der Waals surface area contributed by atoms with Crippen molar-refractivity contribution in [1.82, 2.24) is 14.8 Å². The molecule has 124 valence electrons. The van der Waals surface area contributed by atoms with Crippen molar-refractivity contribution in [2.75, 3.05) is 0 Å². The first-order valence-corrected chi connectivity index (χ1v) is 8.08. The zero-order valence-electron chi connectivity index (χ0n) is 14.2. The number of rotatable bonds is 5. The van der Waals surface area contributed by atoms with E-state index >= 15 is 0 Å². The Labute approximate surface area is 141 Å². The number of benzene rings is 1. The van der Waals surface area contributed by atoms with Gasteiger partial charge in [0, 0.05) is 30.7 Å². The highest BCUT2D eigenvalue weighted by Gasteiger charge is 2.16. The van der Waals surface area contributed by atoms with E-state index in [9.17, 15) is 9.90 Å². The summed E-state index contributed by atoms with van der Waals surface area (Å²) < 4.78 is 2.02. The maximum atomic E-state index is 11.4. The Kier molecular flexibility index (Phi) is 4.34. The Hall–Kier alpha value is -2.69. The minimum Gasteiger partial charge on any atom is -0.478 e. The molecule has 0 aliphatic carbocycles. The van der Waals surface area contributed by atoms with E-state index in [1.165, 1.54) is 12.3 Å². The van der Waals surface area contributed by atoms with Crippen molar-refractivity contribution in [1.29, 1.82) is 0 Å². The van der Waals surface area contributed by atoms with E-state index in [2.05, 4.69) is 44.0 Å². The van der Waals surface area contributed by atoms with Gasteiger partial charge >= 0.3 is 5.97 Å². The highest BCUT2D eigenvalue weighted by molar-refractivity contribution is 5.90. The molecule has 5 heteroatoms. The fourth-order valence-corrected chi connectivity index (χ4v) is 2.93. The molecule has 0 unspecified atom stereocenters. The number of nitrogens with zero attached hydrogens (tertiary/aromatic N) is 3. The molecule has 0 spiro atoms. The van der Waals surface area contributed by atoms with E-state index in [1.807, 2.05) is 4.68 Å².